The van der Waals surface area contributed by atoms with Crippen LogP contribution in [-0.2, 0) is 0 Å². The molecule has 124 valence electrons. The molecule has 1 aromatic heterocycles. The molecule has 23 heavy (non-hydrogen) atoms. The van der Waals surface area contributed by atoms with Crippen LogP contribution in [0, 0.1) is 5.82 Å². The van der Waals surface area contributed by atoms with Gasteiger partial charge in [0.05, 0.1) is 5.56 Å². The van der Waals surface area contributed by atoms with Crippen LogP contribution in [0.1, 0.15) is 10.4 Å². The fraction of sp³-hybridized carbons (Fsp3) is 0.250. The van der Waals surface area contributed by atoms with Gasteiger partial charge in [-0.05, 0) is 36.4 Å². The van der Waals surface area contributed by atoms with Crippen LogP contribution in [0.15, 0.2) is 48.8 Å². The van der Waals surface area contributed by atoms with E-state index in [-0.39, 0.29) is 36.5 Å². The molecule has 0 unspecified atom stereocenters. The Morgan fingerprint density at radius 1 is 1.00 bits per heavy atom. The summed E-state index contributed by atoms with van der Waals surface area (Å²) in [5.74, 6) is -0.217. The predicted molar refractivity (Wildman–Crippen MR) is 93.2 cm³/mol. The molecule has 0 saturated carbocycles. The van der Waals surface area contributed by atoms with Crippen molar-refractivity contribution in [3.05, 3.63) is 60.2 Å². The van der Waals surface area contributed by atoms with Crippen molar-refractivity contribution in [2.45, 2.75) is 0 Å². The number of rotatable bonds is 2. The Morgan fingerprint density at radius 2 is 1.65 bits per heavy atom. The van der Waals surface area contributed by atoms with Crippen molar-refractivity contribution in [1.29, 1.82) is 0 Å². The van der Waals surface area contributed by atoms with E-state index in [1.165, 1.54) is 12.1 Å². The Hall–Kier alpha value is -1.85. The number of anilines is 1. The fourth-order valence-corrected chi connectivity index (χ4v) is 2.49. The van der Waals surface area contributed by atoms with E-state index in [0.29, 0.717) is 18.7 Å². The number of pyridine rings is 1. The number of hydrogen-bond acceptors (Lipinski definition) is 3. The van der Waals surface area contributed by atoms with E-state index in [1.54, 1.807) is 36.7 Å². The molecule has 2 aromatic rings. The number of aromatic nitrogens is 1. The number of amides is 1. The van der Waals surface area contributed by atoms with Gasteiger partial charge in [0, 0.05) is 44.3 Å². The van der Waals surface area contributed by atoms with Crippen molar-refractivity contribution in [2.24, 2.45) is 0 Å². The Bertz CT molecular complexity index is 617. The Morgan fingerprint density at radius 3 is 2.22 bits per heavy atom. The van der Waals surface area contributed by atoms with Crippen molar-refractivity contribution in [2.75, 3.05) is 31.1 Å². The lowest BCUT2D eigenvalue weighted by Crippen LogP contribution is -2.48. The quantitative estimate of drug-likeness (QED) is 0.828. The molecule has 0 bridgehead atoms. The van der Waals surface area contributed by atoms with Crippen LogP contribution in [0.3, 0.4) is 0 Å². The summed E-state index contributed by atoms with van der Waals surface area (Å²) in [4.78, 5) is 20.3. The largest absolute Gasteiger partial charge is 0.368 e. The molecule has 2 heterocycles. The first-order chi connectivity index (χ1) is 10.2. The number of benzene rings is 1. The van der Waals surface area contributed by atoms with E-state index >= 15 is 0 Å². The average molecular weight is 358 g/mol. The smallest absolute Gasteiger partial charge is 0.255 e. The summed E-state index contributed by atoms with van der Waals surface area (Å²) in [7, 11) is 0. The van der Waals surface area contributed by atoms with E-state index in [2.05, 4.69) is 9.88 Å². The molecule has 0 N–H and O–H groups in total. The van der Waals surface area contributed by atoms with Crippen LogP contribution in [0.4, 0.5) is 10.1 Å². The van der Waals surface area contributed by atoms with E-state index in [9.17, 15) is 9.18 Å². The van der Waals surface area contributed by atoms with Gasteiger partial charge >= 0.3 is 0 Å². The minimum atomic E-state index is -0.232. The fourth-order valence-electron chi connectivity index (χ4n) is 2.49. The Balaban J connectivity index is 0.00000132. The highest BCUT2D eigenvalue weighted by Gasteiger charge is 2.22. The van der Waals surface area contributed by atoms with E-state index < -0.39 is 0 Å². The third kappa shape index (κ3) is 4.56. The first-order valence-electron chi connectivity index (χ1n) is 6.94. The molecule has 0 aliphatic carbocycles. The molecule has 1 amide bonds. The zero-order valence-corrected chi connectivity index (χ0v) is 14.0. The normalized spacial score (nSPS) is 13.8. The number of carbonyl (C=O) groups excluding carboxylic acids is 1. The van der Waals surface area contributed by atoms with Crippen molar-refractivity contribution < 1.29 is 9.18 Å². The maximum Gasteiger partial charge on any atom is 0.255 e. The van der Waals surface area contributed by atoms with Crippen LogP contribution < -0.4 is 4.90 Å². The van der Waals surface area contributed by atoms with Crippen LogP contribution in [0.25, 0.3) is 0 Å². The second-order valence-corrected chi connectivity index (χ2v) is 5.00. The summed E-state index contributed by atoms with van der Waals surface area (Å²) in [5.41, 5.74) is 1.61. The SMILES string of the molecule is Cl.Cl.O=C(c1cccnc1)N1CCN(c2ccc(F)cc2)CC1. The zero-order chi connectivity index (χ0) is 14.7. The number of carbonyl (C=O) groups is 1. The van der Waals surface area contributed by atoms with E-state index in [0.717, 1.165) is 18.8 Å². The number of hydrogen-bond donors (Lipinski definition) is 0. The van der Waals surface area contributed by atoms with E-state index in [4.69, 9.17) is 0 Å². The molecule has 1 fully saturated rings. The summed E-state index contributed by atoms with van der Waals surface area (Å²) in [6.07, 6.45) is 3.25. The van der Waals surface area contributed by atoms with Gasteiger partial charge in [-0.1, -0.05) is 0 Å². The molecular formula is C16H18Cl2FN3O. The maximum absolute atomic E-state index is 12.9. The van der Waals surface area contributed by atoms with Gasteiger partial charge in [0.1, 0.15) is 5.82 Å². The van der Waals surface area contributed by atoms with Crippen molar-refractivity contribution in [1.82, 2.24) is 9.88 Å². The minimum absolute atomic E-state index is 0. The lowest BCUT2D eigenvalue weighted by Gasteiger charge is -2.36. The molecule has 3 rings (SSSR count). The molecule has 1 saturated heterocycles. The molecule has 1 aliphatic rings. The molecule has 0 atom stereocenters. The van der Waals surface area contributed by atoms with Gasteiger partial charge in [0.15, 0.2) is 0 Å². The second kappa shape index (κ2) is 8.70. The van der Waals surface area contributed by atoms with Gasteiger partial charge in [0.2, 0.25) is 0 Å². The van der Waals surface area contributed by atoms with Crippen LogP contribution >= 0.6 is 24.8 Å². The van der Waals surface area contributed by atoms with Gasteiger partial charge in [-0.2, -0.15) is 0 Å². The van der Waals surface area contributed by atoms with Gasteiger partial charge in [0.25, 0.3) is 5.91 Å². The van der Waals surface area contributed by atoms with Crippen molar-refractivity contribution in [3.8, 4) is 0 Å². The minimum Gasteiger partial charge on any atom is -0.368 e. The molecular weight excluding hydrogens is 340 g/mol. The van der Waals surface area contributed by atoms with Gasteiger partial charge < -0.3 is 9.80 Å². The molecule has 1 aromatic carbocycles. The number of halogens is 3. The molecule has 4 nitrogen and oxygen atoms in total. The highest BCUT2D eigenvalue weighted by atomic mass is 35.5. The zero-order valence-electron chi connectivity index (χ0n) is 12.4. The highest BCUT2D eigenvalue weighted by Crippen LogP contribution is 2.17. The molecule has 0 spiro atoms. The Labute approximate surface area is 147 Å². The number of nitrogens with zero attached hydrogens (tertiary/aromatic N) is 3. The third-order valence-corrected chi connectivity index (χ3v) is 3.67. The predicted octanol–water partition coefficient (Wildman–Crippen LogP) is 3.03. The van der Waals surface area contributed by atoms with Gasteiger partial charge in [-0.25, -0.2) is 4.39 Å². The van der Waals surface area contributed by atoms with Crippen molar-refractivity contribution >= 4 is 36.4 Å². The summed E-state index contributed by atoms with van der Waals surface area (Å²) >= 11 is 0. The van der Waals surface area contributed by atoms with Gasteiger partial charge in [-0.3, -0.25) is 9.78 Å². The summed E-state index contributed by atoms with van der Waals surface area (Å²) < 4.78 is 12.9. The van der Waals surface area contributed by atoms with Gasteiger partial charge in [-0.15, -0.1) is 24.8 Å². The highest BCUT2D eigenvalue weighted by molar-refractivity contribution is 5.94. The molecule has 7 heteroatoms. The lowest BCUT2D eigenvalue weighted by atomic mass is 10.2. The monoisotopic (exact) mass is 357 g/mol. The third-order valence-electron chi connectivity index (χ3n) is 3.67. The number of piperazine rings is 1. The first kappa shape index (κ1) is 19.2. The van der Waals surface area contributed by atoms with Crippen LogP contribution in [0.5, 0.6) is 0 Å². The second-order valence-electron chi connectivity index (χ2n) is 5.00. The summed E-state index contributed by atoms with van der Waals surface area (Å²) in [6.45, 7) is 2.81. The van der Waals surface area contributed by atoms with E-state index in [1.807, 2.05) is 4.90 Å². The van der Waals surface area contributed by atoms with Crippen molar-refractivity contribution in [3.63, 3.8) is 0 Å². The summed E-state index contributed by atoms with van der Waals surface area (Å²) in [5, 5.41) is 0. The van der Waals surface area contributed by atoms with Crippen LogP contribution in [-0.4, -0.2) is 42.0 Å². The average Bonchev–Trinajstić information content (AvgIpc) is 2.56. The summed E-state index contributed by atoms with van der Waals surface area (Å²) in [6, 6.07) is 10.0. The standard InChI is InChI=1S/C16H16FN3O.2ClH/c17-14-3-5-15(6-4-14)19-8-10-20(11-9-19)16(21)13-2-1-7-18-12-13;;/h1-7,12H,8-11H2;2*1H. The molecule has 0 radical (unpaired) electrons. The van der Waals surface area contributed by atoms with Crippen LogP contribution in [0.2, 0.25) is 0 Å². The molecule has 1 aliphatic heterocycles. The topological polar surface area (TPSA) is 36.4 Å². The maximum atomic E-state index is 12.9. The Kier molecular flexibility index (Phi) is 7.26. The first-order valence-corrected chi connectivity index (χ1v) is 6.94. The lowest BCUT2D eigenvalue weighted by molar-refractivity contribution is 0.0746.